The van der Waals surface area contributed by atoms with E-state index in [0.717, 1.165) is 18.5 Å². The number of para-hydroxylation sites is 1. The summed E-state index contributed by atoms with van der Waals surface area (Å²) in [4.78, 5) is 30.5. The lowest BCUT2D eigenvalue weighted by molar-refractivity contribution is 0.0953. The molecule has 1 aliphatic rings. The Kier molecular flexibility index (Phi) is 4.60. The van der Waals surface area contributed by atoms with Crippen molar-refractivity contribution in [3.8, 4) is 0 Å². The van der Waals surface area contributed by atoms with E-state index < -0.39 is 0 Å². The normalized spacial score (nSPS) is 16.9. The van der Waals surface area contributed by atoms with Crippen molar-refractivity contribution in [2.24, 2.45) is 0 Å². The molecule has 1 atom stereocenters. The van der Waals surface area contributed by atoms with Crippen LogP contribution in [0.4, 0.5) is 5.69 Å². The maximum absolute atomic E-state index is 13.0. The number of fused-ring (bicyclic) bond motifs is 1. The Morgan fingerprint density at radius 2 is 2.00 bits per heavy atom. The molecule has 0 fully saturated rings. The van der Waals surface area contributed by atoms with Crippen molar-refractivity contribution in [1.82, 2.24) is 10.3 Å². The highest BCUT2D eigenvalue weighted by Gasteiger charge is 2.25. The van der Waals surface area contributed by atoms with Crippen molar-refractivity contribution in [2.75, 3.05) is 18.5 Å². The number of nitrogens with one attached hydrogen (secondary N) is 1. The molecule has 1 unspecified atom stereocenters. The van der Waals surface area contributed by atoms with Gasteiger partial charge in [-0.15, -0.1) is 0 Å². The van der Waals surface area contributed by atoms with Gasteiger partial charge in [-0.1, -0.05) is 25.1 Å². The van der Waals surface area contributed by atoms with E-state index in [1.807, 2.05) is 23.1 Å². The zero-order valence-electron chi connectivity index (χ0n) is 14.0. The van der Waals surface area contributed by atoms with E-state index in [0.29, 0.717) is 23.7 Å². The van der Waals surface area contributed by atoms with Crippen LogP contribution in [-0.4, -0.2) is 30.4 Å². The summed E-state index contributed by atoms with van der Waals surface area (Å²) in [6, 6.07) is 11.3. The summed E-state index contributed by atoms with van der Waals surface area (Å²) in [7, 11) is 1.55. The van der Waals surface area contributed by atoms with Gasteiger partial charge >= 0.3 is 0 Å². The van der Waals surface area contributed by atoms with E-state index in [9.17, 15) is 9.59 Å². The zero-order chi connectivity index (χ0) is 17.1. The van der Waals surface area contributed by atoms with Crippen LogP contribution in [0.15, 0.2) is 42.6 Å². The second-order valence-electron chi connectivity index (χ2n) is 6.07. The number of carbonyl (C=O) groups is 2. The van der Waals surface area contributed by atoms with Crippen LogP contribution < -0.4 is 10.2 Å². The number of hydrogen-bond acceptors (Lipinski definition) is 3. The maximum Gasteiger partial charge on any atom is 0.269 e. The number of hydrogen-bond donors (Lipinski definition) is 1. The van der Waals surface area contributed by atoms with Crippen molar-refractivity contribution in [3.63, 3.8) is 0 Å². The first-order valence-corrected chi connectivity index (χ1v) is 8.20. The van der Waals surface area contributed by atoms with Gasteiger partial charge in [-0.3, -0.25) is 14.6 Å². The number of amides is 2. The molecule has 0 saturated carbocycles. The van der Waals surface area contributed by atoms with Crippen LogP contribution in [0.25, 0.3) is 0 Å². The number of anilines is 1. The molecule has 1 aliphatic heterocycles. The van der Waals surface area contributed by atoms with Crippen LogP contribution in [0.1, 0.15) is 52.1 Å². The molecule has 5 nitrogen and oxygen atoms in total. The van der Waals surface area contributed by atoms with E-state index in [-0.39, 0.29) is 11.8 Å². The Morgan fingerprint density at radius 3 is 2.71 bits per heavy atom. The second-order valence-corrected chi connectivity index (χ2v) is 6.07. The van der Waals surface area contributed by atoms with Gasteiger partial charge in [-0.05, 0) is 42.5 Å². The molecule has 3 rings (SSSR count). The summed E-state index contributed by atoms with van der Waals surface area (Å²) >= 11 is 0. The van der Waals surface area contributed by atoms with Crippen molar-refractivity contribution < 1.29 is 9.59 Å². The fraction of sp³-hybridized carbons (Fsp3) is 0.316. The Morgan fingerprint density at radius 1 is 1.21 bits per heavy atom. The first-order valence-electron chi connectivity index (χ1n) is 8.20. The highest BCUT2D eigenvalue weighted by atomic mass is 16.2. The van der Waals surface area contributed by atoms with E-state index in [1.54, 1.807) is 19.2 Å². The van der Waals surface area contributed by atoms with Crippen LogP contribution in [0.5, 0.6) is 0 Å². The fourth-order valence-corrected chi connectivity index (χ4v) is 3.13. The molecule has 1 aromatic carbocycles. The minimum absolute atomic E-state index is 0.0764. The van der Waals surface area contributed by atoms with Gasteiger partial charge in [0.15, 0.2) is 0 Å². The summed E-state index contributed by atoms with van der Waals surface area (Å²) in [6.45, 7) is 2.89. The predicted molar refractivity (Wildman–Crippen MR) is 93.4 cm³/mol. The van der Waals surface area contributed by atoms with E-state index >= 15 is 0 Å². The lowest BCUT2D eigenvalue weighted by Crippen LogP contribution is -2.32. The monoisotopic (exact) mass is 323 g/mol. The van der Waals surface area contributed by atoms with Crippen LogP contribution in [0, 0.1) is 0 Å². The third kappa shape index (κ3) is 3.02. The van der Waals surface area contributed by atoms with Gasteiger partial charge < -0.3 is 10.2 Å². The largest absolute Gasteiger partial charge is 0.354 e. The number of pyridine rings is 1. The lowest BCUT2D eigenvalue weighted by atomic mass is 9.96. The van der Waals surface area contributed by atoms with Gasteiger partial charge in [0.1, 0.15) is 5.69 Å². The number of rotatable bonds is 2. The van der Waals surface area contributed by atoms with Crippen molar-refractivity contribution in [2.45, 2.75) is 25.7 Å². The minimum atomic E-state index is -0.261. The number of benzene rings is 1. The van der Waals surface area contributed by atoms with Crippen molar-refractivity contribution in [3.05, 3.63) is 59.4 Å². The molecule has 0 saturated heterocycles. The molecular weight excluding hydrogens is 302 g/mol. The number of carbonyl (C=O) groups excluding carboxylic acids is 2. The van der Waals surface area contributed by atoms with Gasteiger partial charge in [-0.2, -0.15) is 0 Å². The summed E-state index contributed by atoms with van der Waals surface area (Å²) in [5, 5.41) is 2.52. The Balaban J connectivity index is 1.92. The summed E-state index contributed by atoms with van der Waals surface area (Å²) in [6.07, 6.45) is 3.50. The molecule has 124 valence electrons. The molecule has 2 heterocycles. The summed E-state index contributed by atoms with van der Waals surface area (Å²) in [5.74, 6) is 0.100. The summed E-state index contributed by atoms with van der Waals surface area (Å²) < 4.78 is 0. The summed E-state index contributed by atoms with van der Waals surface area (Å²) in [5.41, 5.74) is 2.98. The second kappa shape index (κ2) is 6.83. The average Bonchev–Trinajstić information content (AvgIpc) is 2.80. The average molecular weight is 323 g/mol. The Bertz CT molecular complexity index is 755. The molecule has 0 bridgehead atoms. The van der Waals surface area contributed by atoms with Crippen LogP contribution in [0.2, 0.25) is 0 Å². The van der Waals surface area contributed by atoms with Crippen LogP contribution in [-0.2, 0) is 0 Å². The van der Waals surface area contributed by atoms with Gasteiger partial charge in [0.25, 0.3) is 11.8 Å². The van der Waals surface area contributed by atoms with Gasteiger partial charge in [0.05, 0.1) is 5.56 Å². The zero-order valence-corrected chi connectivity index (χ0v) is 14.0. The Hall–Kier alpha value is -2.69. The topological polar surface area (TPSA) is 62.3 Å². The molecule has 1 N–H and O–H groups in total. The molecule has 0 aliphatic carbocycles. The first-order chi connectivity index (χ1) is 11.6. The highest BCUT2D eigenvalue weighted by Crippen LogP contribution is 2.34. The first kappa shape index (κ1) is 16.2. The molecule has 5 heteroatoms. The SMILES string of the molecule is CNC(=O)c1ccc(C(=O)N2CCCC(C)c3ccccc32)cn1. The van der Waals surface area contributed by atoms with Crippen molar-refractivity contribution >= 4 is 17.5 Å². The minimum Gasteiger partial charge on any atom is -0.354 e. The number of aromatic nitrogens is 1. The van der Waals surface area contributed by atoms with E-state index in [2.05, 4.69) is 23.3 Å². The standard InChI is InChI=1S/C19H21N3O2/c1-13-6-5-11-22(17-8-4-3-7-15(13)17)19(24)14-9-10-16(21-12-14)18(23)20-2/h3-4,7-10,12-13H,5-6,11H2,1-2H3,(H,20,23). The maximum atomic E-state index is 13.0. The number of nitrogens with zero attached hydrogens (tertiary/aromatic N) is 2. The molecule has 0 radical (unpaired) electrons. The molecule has 0 spiro atoms. The van der Waals surface area contributed by atoms with Crippen LogP contribution >= 0.6 is 0 Å². The predicted octanol–water partition coefficient (Wildman–Crippen LogP) is 2.99. The third-order valence-corrected chi connectivity index (χ3v) is 4.49. The van der Waals surface area contributed by atoms with E-state index in [4.69, 9.17) is 0 Å². The van der Waals surface area contributed by atoms with Crippen molar-refractivity contribution in [1.29, 1.82) is 0 Å². The molecule has 1 aromatic heterocycles. The third-order valence-electron chi connectivity index (χ3n) is 4.49. The lowest BCUT2D eigenvalue weighted by Gasteiger charge is -2.23. The fourth-order valence-electron chi connectivity index (χ4n) is 3.13. The quantitative estimate of drug-likeness (QED) is 0.924. The molecule has 2 amide bonds. The Labute approximate surface area is 141 Å². The molecule has 24 heavy (non-hydrogen) atoms. The van der Waals surface area contributed by atoms with Gasteiger partial charge in [0.2, 0.25) is 0 Å². The highest BCUT2D eigenvalue weighted by molar-refractivity contribution is 6.06. The van der Waals surface area contributed by atoms with Gasteiger partial charge in [-0.25, -0.2) is 0 Å². The smallest absolute Gasteiger partial charge is 0.269 e. The van der Waals surface area contributed by atoms with Gasteiger partial charge in [0, 0.05) is 25.5 Å². The van der Waals surface area contributed by atoms with Crippen LogP contribution in [0.3, 0.4) is 0 Å². The van der Waals surface area contributed by atoms with E-state index in [1.165, 1.54) is 11.8 Å². The molecular formula is C19H21N3O2. The molecule has 2 aromatic rings.